The van der Waals surface area contributed by atoms with Gasteiger partial charge in [0.05, 0.1) is 18.8 Å². The van der Waals surface area contributed by atoms with Crippen LogP contribution in [-0.2, 0) is 16.9 Å². The fourth-order valence-corrected chi connectivity index (χ4v) is 4.35. The standard InChI is InChI=1S/C22H30N4O2/c1-22(2,3)26-21-18(13-23-26)17(12-20(27)24-21)15-7-8-19(28-4)16(11-15)14-25-9-5-6-10-25/h7-8,11,13,17H,5-6,9-10,12,14H2,1-4H3,(H,24,27)/t17-/m1/s1. The molecule has 0 unspecified atom stereocenters. The molecule has 1 aromatic heterocycles. The van der Waals surface area contributed by atoms with Crippen molar-refractivity contribution in [3.8, 4) is 5.75 Å². The maximum atomic E-state index is 12.5. The van der Waals surface area contributed by atoms with Crippen molar-refractivity contribution < 1.29 is 9.53 Å². The molecule has 6 heteroatoms. The van der Waals surface area contributed by atoms with E-state index in [0.717, 1.165) is 42.3 Å². The number of amides is 1. The molecule has 2 aromatic rings. The maximum Gasteiger partial charge on any atom is 0.226 e. The largest absolute Gasteiger partial charge is 0.496 e. The topological polar surface area (TPSA) is 59.4 Å². The first kappa shape index (κ1) is 19.0. The van der Waals surface area contributed by atoms with E-state index in [-0.39, 0.29) is 17.4 Å². The molecule has 1 fully saturated rings. The SMILES string of the molecule is COc1ccc([C@H]2CC(=O)Nc3c2cnn3C(C)(C)C)cc1CN1CCCC1. The van der Waals surface area contributed by atoms with Crippen LogP contribution in [0.25, 0.3) is 0 Å². The summed E-state index contributed by atoms with van der Waals surface area (Å²) in [5.74, 6) is 1.80. The first-order valence-electron chi connectivity index (χ1n) is 10.1. The number of carbonyl (C=O) groups excluding carboxylic acids is 1. The second-order valence-electron chi connectivity index (χ2n) is 8.89. The van der Waals surface area contributed by atoms with Crippen LogP contribution in [0.4, 0.5) is 5.82 Å². The van der Waals surface area contributed by atoms with E-state index in [1.54, 1.807) is 7.11 Å². The number of rotatable bonds is 4. The van der Waals surface area contributed by atoms with E-state index < -0.39 is 0 Å². The summed E-state index contributed by atoms with van der Waals surface area (Å²) in [6.07, 6.45) is 4.88. The van der Waals surface area contributed by atoms with Gasteiger partial charge in [0.25, 0.3) is 0 Å². The van der Waals surface area contributed by atoms with Gasteiger partial charge in [-0.2, -0.15) is 5.10 Å². The van der Waals surface area contributed by atoms with E-state index in [1.165, 1.54) is 18.4 Å². The van der Waals surface area contributed by atoms with Crippen LogP contribution in [0, 0.1) is 0 Å². The number of aromatic nitrogens is 2. The molecule has 0 spiro atoms. The van der Waals surface area contributed by atoms with Crippen molar-refractivity contribution in [3.05, 3.63) is 41.1 Å². The van der Waals surface area contributed by atoms with Crippen molar-refractivity contribution in [3.63, 3.8) is 0 Å². The zero-order chi connectivity index (χ0) is 19.9. The molecule has 6 nitrogen and oxygen atoms in total. The van der Waals surface area contributed by atoms with Crippen molar-refractivity contribution in [2.24, 2.45) is 0 Å². The summed E-state index contributed by atoms with van der Waals surface area (Å²) in [4.78, 5) is 15.0. The molecule has 1 amide bonds. The molecule has 1 N–H and O–H groups in total. The molecule has 1 aromatic carbocycles. The zero-order valence-electron chi connectivity index (χ0n) is 17.3. The van der Waals surface area contributed by atoms with Crippen LogP contribution in [0.2, 0.25) is 0 Å². The van der Waals surface area contributed by atoms with Gasteiger partial charge >= 0.3 is 0 Å². The zero-order valence-corrected chi connectivity index (χ0v) is 17.3. The molecule has 4 rings (SSSR count). The predicted molar refractivity (Wildman–Crippen MR) is 110 cm³/mol. The Kier molecular flexibility index (Phi) is 4.91. The molecule has 0 aliphatic carbocycles. The van der Waals surface area contributed by atoms with Crippen LogP contribution in [0.1, 0.15) is 62.6 Å². The van der Waals surface area contributed by atoms with Crippen LogP contribution in [-0.4, -0.2) is 40.8 Å². The van der Waals surface area contributed by atoms with E-state index >= 15 is 0 Å². The minimum atomic E-state index is -0.191. The van der Waals surface area contributed by atoms with E-state index in [4.69, 9.17) is 4.74 Å². The van der Waals surface area contributed by atoms with Crippen LogP contribution in [0.15, 0.2) is 24.4 Å². The van der Waals surface area contributed by atoms with Gasteiger partial charge in [0.15, 0.2) is 0 Å². The third kappa shape index (κ3) is 3.53. The molecule has 28 heavy (non-hydrogen) atoms. The lowest BCUT2D eigenvalue weighted by molar-refractivity contribution is -0.116. The highest BCUT2D eigenvalue weighted by molar-refractivity contribution is 5.94. The summed E-state index contributed by atoms with van der Waals surface area (Å²) in [6.45, 7) is 9.46. The molecular weight excluding hydrogens is 352 g/mol. The van der Waals surface area contributed by atoms with Gasteiger partial charge in [0.2, 0.25) is 5.91 Å². The lowest BCUT2D eigenvalue weighted by Gasteiger charge is -2.28. The summed E-state index contributed by atoms with van der Waals surface area (Å²) in [6, 6.07) is 6.35. The van der Waals surface area contributed by atoms with Gasteiger partial charge in [-0.05, 0) is 58.3 Å². The number of hydrogen-bond donors (Lipinski definition) is 1. The molecule has 0 radical (unpaired) electrons. The Balaban J connectivity index is 1.71. The molecule has 2 aliphatic heterocycles. The van der Waals surface area contributed by atoms with Crippen molar-refractivity contribution in [2.75, 3.05) is 25.5 Å². The number of methoxy groups -OCH3 is 1. The Morgan fingerprint density at radius 1 is 1.25 bits per heavy atom. The molecule has 2 aliphatic rings. The Hall–Kier alpha value is -2.34. The highest BCUT2D eigenvalue weighted by Crippen LogP contribution is 2.40. The third-order valence-electron chi connectivity index (χ3n) is 5.76. The average molecular weight is 383 g/mol. The second kappa shape index (κ2) is 7.24. The third-order valence-corrected chi connectivity index (χ3v) is 5.76. The van der Waals surface area contributed by atoms with Gasteiger partial charge in [-0.3, -0.25) is 9.69 Å². The predicted octanol–water partition coefficient (Wildman–Crippen LogP) is 3.72. The van der Waals surface area contributed by atoms with Gasteiger partial charge in [0, 0.05) is 30.0 Å². The highest BCUT2D eigenvalue weighted by atomic mass is 16.5. The van der Waals surface area contributed by atoms with E-state index in [2.05, 4.69) is 48.2 Å². The number of hydrogen-bond acceptors (Lipinski definition) is 4. The van der Waals surface area contributed by atoms with Gasteiger partial charge in [-0.25, -0.2) is 4.68 Å². The number of carbonyl (C=O) groups is 1. The van der Waals surface area contributed by atoms with Gasteiger partial charge < -0.3 is 10.1 Å². The average Bonchev–Trinajstić information content (AvgIpc) is 3.30. The van der Waals surface area contributed by atoms with Crippen LogP contribution >= 0.6 is 0 Å². The van der Waals surface area contributed by atoms with Gasteiger partial charge in [-0.1, -0.05) is 12.1 Å². The van der Waals surface area contributed by atoms with Crippen LogP contribution < -0.4 is 10.1 Å². The van der Waals surface area contributed by atoms with Crippen LogP contribution in [0.5, 0.6) is 5.75 Å². The number of anilines is 1. The molecule has 0 bridgehead atoms. The molecular formula is C22H30N4O2. The number of ether oxygens (including phenoxy) is 1. The van der Waals surface area contributed by atoms with E-state index in [0.29, 0.717) is 6.42 Å². The minimum absolute atomic E-state index is 0.0167. The Morgan fingerprint density at radius 3 is 2.68 bits per heavy atom. The second-order valence-corrected chi connectivity index (χ2v) is 8.89. The number of fused-ring (bicyclic) bond motifs is 1. The molecule has 150 valence electrons. The number of likely N-dealkylation sites (tertiary alicyclic amines) is 1. The lowest BCUT2D eigenvalue weighted by atomic mass is 9.86. The Morgan fingerprint density at radius 2 is 2.00 bits per heavy atom. The van der Waals surface area contributed by atoms with Crippen molar-refractivity contribution >= 4 is 11.7 Å². The number of benzene rings is 1. The Bertz CT molecular complexity index is 875. The number of nitrogens with one attached hydrogen (secondary N) is 1. The molecule has 1 atom stereocenters. The maximum absolute atomic E-state index is 12.5. The Labute approximate surface area is 166 Å². The summed E-state index contributed by atoms with van der Waals surface area (Å²) < 4.78 is 7.53. The minimum Gasteiger partial charge on any atom is -0.496 e. The quantitative estimate of drug-likeness (QED) is 0.876. The number of nitrogens with zero attached hydrogens (tertiary/aromatic N) is 3. The summed E-state index contributed by atoms with van der Waals surface area (Å²) in [7, 11) is 1.72. The summed E-state index contributed by atoms with van der Waals surface area (Å²) in [5.41, 5.74) is 3.24. The van der Waals surface area contributed by atoms with E-state index in [1.807, 2.05) is 16.9 Å². The molecule has 1 saturated heterocycles. The first-order chi connectivity index (χ1) is 13.4. The fourth-order valence-electron chi connectivity index (χ4n) is 4.35. The summed E-state index contributed by atoms with van der Waals surface area (Å²) in [5, 5.41) is 7.63. The molecule has 3 heterocycles. The monoisotopic (exact) mass is 382 g/mol. The van der Waals surface area contributed by atoms with Crippen molar-refractivity contribution in [1.29, 1.82) is 0 Å². The first-order valence-corrected chi connectivity index (χ1v) is 10.1. The normalized spacial score (nSPS) is 20.1. The van der Waals surface area contributed by atoms with Crippen molar-refractivity contribution in [2.45, 2.75) is 58.0 Å². The highest BCUT2D eigenvalue weighted by Gasteiger charge is 2.33. The molecule has 0 saturated carbocycles. The van der Waals surface area contributed by atoms with Crippen LogP contribution in [0.3, 0.4) is 0 Å². The van der Waals surface area contributed by atoms with Gasteiger partial charge in [0.1, 0.15) is 11.6 Å². The smallest absolute Gasteiger partial charge is 0.226 e. The fraction of sp³-hybridized carbons (Fsp3) is 0.545. The van der Waals surface area contributed by atoms with Crippen molar-refractivity contribution in [1.82, 2.24) is 14.7 Å². The summed E-state index contributed by atoms with van der Waals surface area (Å²) >= 11 is 0. The van der Waals surface area contributed by atoms with Gasteiger partial charge in [-0.15, -0.1) is 0 Å². The lowest BCUT2D eigenvalue weighted by Crippen LogP contribution is -2.30. The van der Waals surface area contributed by atoms with E-state index in [9.17, 15) is 4.79 Å².